The fourth-order valence-electron chi connectivity index (χ4n) is 6.64. The van der Waals surface area contributed by atoms with Crippen LogP contribution in [0.2, 0.25) is 0 Å². The molecule has 8 aromatic rings. The number of hydrogen-bond donors (Lipinski definition) is 1. The zero-order valence-corrected chi connectivity index (χ0v) is 25.6. The Morgan fingerprint density at radius 2 is 0.913 bits per heavy atom. The predicted octanol–water partition coefficient (Wildman–Crippen LogP) is 12.1. The van der Waals surface area contributed by atoms with E-state index in [1.165, 1.54) is 32.5 Å². The lowest BCUT2D eigenvalue weighted by atomic mass is 9.96. The fraction of sp³-hybridized carbons (Fsp3) is 0.0233. The number of fused-ring (bicyclic) bond motifs is 3. The molecule has 0 unspecified atom stereocenters. The van der Waals surface area contributed by atoms with Crippen molar-refractivity contribution in [3.8, 4) is 0 Å². The van der Waals surface area contributed by atoms with Gasteiger partial charge in [-0.15, -0.1) is 0 Å². The van der Waals surface area contributed by atoms with Crippen molar-refractivity contribution in [1.82, 2.24) is 0 Å². The topological polar surface area (TPSA) is 18.5 Å². The zero-order valence-electron chi connectivity index (χ0n) is 25.6. The van der Waals surface area contributed by atoms with Crippen molar-refractivity contribution in [3.63, 3.8) is 0 Å². The van der Waals surface area contributed by atoms with Crippen LogP contribution in [0.4, 0.5) is 34.1 Å². The molecule has 3 heteroatoms. The van der Waals surface area contributed by atoms with E-state index < -0.39 is 0 Å². The van der Waals surface area contributed by atoms with Gasteiger partial charge in [-0.05, 0) is 88.6 Å². The molecule has 0 aliphatic carbocycles. The molecule has 0 atom stereocenters. The third-order valence-electron chi connectivity index (χ3n) is 8.73. The van der Waals surface area contributed by atoms with Crippen LogP contribution in [0.1, 0.15) is 5.56 Å². The molecule has 0 fully saturated rings. The monoisotopic (exact) mass is 591 g/mol. The SMILES string of the molecule is Cc1c2ccccc2cc2cccc(Nc3ccc4ccccc4c3N(c3ccccc3)N(c3ccccc3)c3ccccc3)c12. The van der Waals surface area contributed by atoms with Crippen molar-refractivity contribution in [3.05, 3.63) is 181 Å². The highest BCUT2D eigenvalue weighted by Crippen LogP contribution is 2.45. The van der Waals surface area contributed by atoms with E-state index in [4.69, 9.17) is 0 Å². The molecule has 8 rings (SSSR count). The Morgan fingerprint density at radius 3 is 1.57 bits per heavy atom. The lowest BCUT2D eigenvalue weighted by molar-refractivity contribution is 0.996. The summed E-state index contributed by atoms with van der Waals surface area (Å²) < 4.78 is 0. The first-order chi connectivity index (χ1) is 22.8. The molecule has 0 heterocycles. The van der Waals surface area contributed by atoms with E-state index in [9.17, 15) is 0 Å². The fourth-order valence-corrected chi connectivity index (χ4v) is 6.64. The van der Waals surface area contributed by atoms with Crippen LogP contribution in [0.3, 0.4) is 0 Å². The summed E-state index contributed by atoms with van der Waals surface area (Å²) in [6.07, 6.45) is 0. The van der Waals surface area contributed by atoms with Gasteiger partial charge < -0.3 is 5.32 Å². The quantitative estimate of drug-likeness (QED) is 0.147. The van der Waals surface area contributed by atoms with Crippen LogP contribution in [0.5, 0.6) is 0 Å². The van der Waals surface area contributed by atoms with E-state index in [2.05, 4.69) is 198 Å². The van der Waals surface area contributed by atoms with Crippen LogP contribution in [-0.2, 0) is 0 Å². The first kappa shape index (κ1) is 27.5. The van der Waals surface area contributed by atoms with Gasteiger partial charge in [0.1, 0.15) is 0 Å². The number of aryl methyl sites for hydroxylation is 1. The molecular weight excluding hydrogens is 558 g/mol. The first-order valence-corrected chi connectivity index (χ1v) is 15.7. The van der Waals surface area contributed by atoms with Crippen molar-refractivity contribution in [1.29, 1.82) is 0 Å². The summed E-state index contributed by atoms with van der Waals surface area (Å²) in [5, 5.41) is 15.9. The van der Waals surface area contributed by atoms with Crippen LogP contribution >= 0.6 is 0 Å². The summed E-state index contributed by atoms with van der Waals surface area (Å²) in [6, 6.07) is 62.4. The van der Waals surface area contributed by atoms with Crippen LogP contribution in [0.25, 0.3) is 32.3 Å². The summed E-state index contributed by atoms with van der Waals surface area (Å²) in [6.45, 7) is 2.24. The molecular formula is C43H33N3. The summed E-state index contributed by atoms with van der Waals surface area (Å²) in [7, 11) is 0. The Bertz CT molecular complexity index is 2260. The summed E-state index contributed by atoms with van der Waals surface area (Å²) in [5.41, 5.74) is 7.60. The van der Waals surface area contributed by atoms with E-state index in [0.29, 0.717) is 0 Å². The third-order valence-corrected chi connectivity index (χ3v) is 8.73. The van der Waals surface area contributed by atoms with E-state index in [0.717, 1.165) is 39.5 Å². The number of nitrogens with one attached hydrogen (secondary N) is 1. The lowest BCUT2D eigenvalue weighted by Gasteiger charge is -2.40. The minimum atomic E-state index is 1.01. The second-order valence-electron chi connectivity index (χ2n) is 11.6. The second kappa shape index (κ2) is 11.8. The van der Waals surface area contributed by atoms with Crippen molar-refractivity contribution >= 4 is 66.4 Å². The van der Waals surface area contributed by atoms with Crippen LogP contribution in [-0.4, -0.2) is 0 Å². The van der Waals surface area contributed by atoms with Gasteiger partial charge in [-0.25, -0.2) is 10.0 Å². The molecule has 0 radical (unpaired) electrons. The minimum Gasteiger partial charge on any atom is -0.353 e. The smallest absolute Gasteiger partial charge is 0.0949 e. The highest BCUT2D eigenvalue weighted by atomic mass is 15.6. The van der Waals surface area contributed by atoms with Gasteiger partial charge in [-0.1, -0.05) is 121 Å². The molecule has 220 valence electrons. The zero-order chi connectivity index (χ0) is 30.9. The Labute approximate surface area is 269 Å². The summed E-state index contributed by atoms with van der Waals surface area (Å²) in [4.78, 5) is 0. The average Bonchev–Trinajstić information content (AvgIpc) is 3.12. The van der Waals surface area contributed by atoms with Crippen molar-refractivity contribution in [2.45, 2.75) is 6.92 Å². The first-order valence-electron chi connectivity index (χ1n) is 15.7. The van der Waals surface area contributed by atoms with Gasteiger partial charge in [-0.2, -0.15) is 0 Å². The molecule has 46 heavy (non-hydrogen) atoms. The molecule has 1 N–H and O–H groups in total. The van der Waals surface area contributed by atoms with E-state index >= 15 is 0 Å². The van der Waals surface area contributed by atoms with Gasteiger partial charge in [-0.3, -0.25) is 0 Å². The van der Waals surface area contributed by atoms with Gasteiger partial charge >= 0.3 is 0 Å². The number of rotatable bonds is 7. The van der Waals surface area contributed by atoms with Gasteiger partial charge in [0.25, 0.3) is 0 Å². The Kier molecular flexibility index (Phi) is 7.05. The van der Waals surface area contributed by atoms with E-state index in [-0.39, 0.29) is 0 Å². The Morgan fingerprint density at radius 1 is 0.391 bits per heavy atom. The van der Waals surface area contributed by atoms with E-state index in [1.54, 1.807) is 0 Å². The maximum Gasteiger partial charge on any atom is 0.0949 e. The Balaban J connectivity index is 1.41. The highest BCUT2D eigenvalue weighted by molar-refractivity contribution is 6.10. The molecule has 0 saturated heterocycles. The minimum absolute atomic E-state index is 1.01. The maximum absolute atomic E-state index is 3.95. The number of benzene rings is 8. The largest absolute Gasteiger partial charge is 0.353 e. The van der Waals surface area contributed by atoms with Crippen LogP contribution in [0.15, 0.2) is 176 Å². The molecule has 8 aromatic carbocycles. The molecule has 0 amide bonds. The van der Waals surface area contributed by atoms with Crippen molar-refractivity contribution in [2.24, 2.45) is 0 Å². The predicted molar refractivity (Wildman–Crippen MR) is 197 cm³/mol. The van der Waals surface area contributed by atoms with Gasteiger partial charge in [0.15, 0.2) is 0 Å². The molecule has 0 aliphatic rings. The lowest BCUT2D eigenvalue weighted by Crippen LogP contribution is -2.36. The molecule has 0 aliphatic heterocycles. The maximum atomic E-state index is 3.95. The average molecular weight is 592 g/mol. The normalized spacial score (nSPS) is 11.2. The molecule has 3 nitrogen and oxygen atoms in total. The van der Waals surface area contributed by atoms with Crippen LogP contribution < -0.4 is 15.3 Å². The molecule has 0 spiro atoms. The van der Waals surface area contributed by atoms with E-state index in [1.807, 2.05) is 0 Å². The third kappa shape index (κ3) is 4.89. The summed E-state index contributed by atoms with van der Waals surface area (Å²) in [5.74, 6) is 0. The van der Waals surface area contributed by atoms with Crippen molar-refractivity contribution < 1.29 is 0 Å². The van der Waals surface area contributed by atoms with Gasteiger partial charge in [0.05, 0.1) is 28.4 Å². The number of anilines is 6. The molecule has 0 saturated carbocycles. The van der Waals surface area contributed by atoms with Gasteiger partial charge in [0.2, 0.25) is 0 Å². The summed E-state index contributed by atoms with van der Waals surface area (Å²) >= 11 is 0. The highest BCUT2D eigenvalue weighted by Gasteiger charge is 2.26. The second-order valence-corrected chi connectivity index (χ2v) is 11.6. The number of para-hydroxylation sites is 3. The number of hydrogen-bond acceptors (Lipinski definition) is 3. The van der Waals surface area contributed by atoms with Crippen LogP contribution in [0, 0.1) is 6.92 Å². The standard InChI is InChI=1S/C43H33N3/c1-31-38-25-13-12-17-33(38)30-34-18-15-27-40(42(31)34)44-41-29-28-32-16-11-14-26-39(32)43(41)46(37-23-9-4-10-24-37)45(35-19-5-2-6-20-35)36-21-7-3-8-22-36/h2-30,44H,1H3. The molecule has 0 aromatic heterocycles. The number of hydrazine groups is 1. The Hall–Kier alpha value is -6.06. The molecule has 0 bridgehead atoms. The van der Waals surface area contributed by atoms with Gasteiger partial charge in [0, 0.05) is 16.5 Å². The number of nitrogens with zero attached hydrogens (tertiary/aromatic N) is 2. The van der Waals surface area contributed by atoms with Crippen molar-refractivity contribution in [2.75, 3.05) is 15.3 Å².